The van der Waals surface area contributed by atoms with E-state index in [-0.39, 0.29) is 25.5 Å². The maximum absolute atomic E-state index is 6.09. The Balaban J connectivity index is 0.000000169. The van der Waals surface area contributed by atoms with Crippen molar-refractivity contribution in [2.45, 2.75) is 26.2 Å². The van der Waals surface area contributed by atoms with Crippen LogP contribution in [0, 0.1) is 12.1 Å². The maximum atomic E-state index is 6.09. The maximum Gasteiger partial charge on any atom is 0.120 e. The van der Waals surface area contributed by atoms with Crippen molar-refractivity contribution < 1.29 is 24.5 Å². The van der Waals surface area contributed by atoms with Gasteiger partial charge in [-0.15, -0.1) is 53.6 Å². The van der Waals surface area contributed by atoms with Gasteiger partial charge in [-0.25, -0.2) is 0 Å². The SMILES string of the molecule is CC(C)(C)c1ccnc(-c2[c-]ccc3c2oc2ccccc23)c1.[Ir].[c-]1ccc(-c2ccccc2)cc1-c1ccccn1. The van der Waals surface area contributed by atoms with Crippen molar-refractivity contribution in [1.29, 1.82) is 0 Å². The second-order valence-electron chi connectivity index (χ2n) is 10.9. The normalized spacial score (nSPS) is 11.0. The number of para-hydroxylation sites is 1. The van der Waals surface area contributed by atoms with E-state index in [2.05, 4.69) is 91.4 Å². The number of benzene rings is 4. The molecule has 0 fully saturated rings. The molecule has 0 aliphatic carbocycles. The largest absolute Gasteiger partial charge is 0.501 e. The van der Waals surface area contributed by atoms with Crippen LogP contribution in [0.3, 0.4) is 0 Å². The number of pyridine rings is 2. The van der Waals surface area contributed by atoms with Gasteiger partial charge in [0.15, 0.2) is 0 Å². The van der Waals surface area contributed by atoms with Gasteiger partial charge in [0.1, 0.15) is 5.58 Å². The predicted molar refractivity (Wildman–Crippen MR) is 168 cm³/mol. The molecule has 42 heavy (non-hydrogen) atoms. The fourth-order valence-corrected chi connectivity index (χ4v) is 4.86. The van der Waals surface area contributed by atoms with Crippen LogP contribution in [0.2, 0.25) is 0 Å². The Labute approximate surface area is 260 Å². The molecule has 7 aromatic rings. The molecule has 0 saturated carbocycles. The van der Waals surface area contributed by atoms with Crippen LogP contribution in [0.1, 0.15) is 26.3 Å². The van der Waals surface area contributed by atoms with Crippen LogP contribution in [-0.2, 0) is 25.5 Å². The van der Waals surface area contributed by atoms with Gasteiger partial charge in [0.2, 0.25) is 0 Å². The smallest absolute Gasteiger partial charge is 0.120 e. The number of furan rings is 1. The second kappa shape index (κ2) is 12.6. The molecule has 0 spiro atoms. The van der Waals surface area contributed by atoms with Crippen LogP contribution >= 0.6 is 0 Å². The summed E-state index contributed by atoms with van der Waals surface area (Å²) in [6.07, 6.45) is 3.67. The molecule has 0 unspecified atom stereocenters. The van der Waals surface area contributed by atoms with Gasteiger partial charge in [-0.05, 0) is 46.1 Å². The Bertz CT molecular complexity index is 1870. The van der Waals surface area contributed by atoms with E-state index in [9.17, 15) is 0 Å². The van der Waals surface area contributed by atoms with Crippen molar-refractivity contribution in [3.63, 3.8) is 0 Å². The molecule has 0 N–H and O–H groups in total. The van der Waals surface area contributed by atoms with E-state index in [1.165, 1.54) is 16.7 Å². The average molecular weight is 723 g/mol. The fraction of sp³-hybridized carbons (Fsp3) is 0.105. The molecule has 1 radical (unpaired) electrons. The monoisotopic (exact) mass is 723 g/mol. The number of aromatic nitrogens is 2. The van der Waals surface area contributed by atoms with Gasteiger partial charge in [0.05, 0.1) is 5.58 Å². The van der Waals surface area contributed by atoms with Crippen LogP contribution in [0.4, 0.5) is 0 Å². The Morgan fingerprint density at radius 1 is 0.619 bits per heavy atom. The van der Waals surface area contributed by atoms with Crippen molar-refractivity contribution in [3.8, 4) is 33.6 Å². The third-order valence-corrected chi connectivity index (χ3v) is 7.07. The number of hydrogen-bond donors (Lipinski definition) is 0. The van der Waals surface area contributed by atoms with Crippen LogP contribution in [0.15, 0.2) is 132 Å². The first kappa shape index (κ1) is 29.1. The molecule has 0 atom stereocenters. The first-order chi connectivity index (χ1) is 20.0. The second-order valence-corrected chi connectivity index (χ2v) is 10.9. The molecule has 4 heteroatoms. The molecule has 4 aromatic carbocycles. The van der Waals surface area contributed by atoms with Gasteiger partial charge in [0, 0.05) is 37.9 Å². The molecular formula is C38H30IrN2O-2. The molecule has 3 heterocycles. The molecule has 7 rings (SSSR count). The third-order valence-electron chi connectivity index (χ3n) is 7.07. The van der Waals surface area contributed by atoms with Crippen molar-refractivity contribution in [3.05, 3.63) is 145 Å². The Morgan fingerprint density at radius 2 is 1.36 bits per heavy atom. The minimum absolute atomic E-state index is 0. The molecule has 0 aliphatic rings. The van der Waals surface area contributed by atoms with Crippen molar-refractivity contribution >= 4 is 21.9 Å². The zero-order valence-corrected chi connectivity index (χ0v) is 26.2. The van der Waals surface area contributed by atoms with Crippen molar-refractivity contribution in [2.24, 2.45) is 0 Å². The van der Waals surface area contributed by atoms with E-state index in [1.807, 2.05) is 72.9 Å². The van der Waals surface area contributed by atoms with E-state index < -0.39 is 0 Å². The summed E-state index contributed by atoms with van der Waals surface area (Å²) in [5.41, 5.74) is 9.30. The Kier molecular flexibility index (Phi) is 8.77. The quantitative estimate of drug-likeness (QED) is 0.171. The minimum atomic E-state index is 0. The topological polar surface area (TPSA) is 38.9 Å². The Hall–Kier alpha value is -4.37. The third kappa shape index (κ3) is 6.26. The van der Waals surface area contributed by atoms with Gasteiger partial charge in [-0.1, -0.05) is 98.5 Å². The van der Waals surface area contributed by atoms with Gasteiger partial charge in [0.25, 0.3) is 0 Å². The van der Waals surface area contributed by atoms with Gasteiger partial charge in [-0.2, -0.15) is 0 Å². The predicted octanol–water partition coefficient (Wildman–Crippen LogP) is 9.96. The number of rotatable bonds is 3. The number of fused-ring (bicyclic) bond motifs is 3. The standard InChI is InChI=1S/C21H18NO.C17H12N.Ir/c1-21(2,3)14-11-12-22-18(13-14)17-9-6-8-16-15-7-4-5-10-19(15)23-20(16)17;1-2-7-14(8-3-1)15-9-6-10-16(13-15)17-11-4-5-12-18-17;/h4-8,10-13H,1-3H3;1-9,11-13H;/q2*-1;. The summed E-state index contributed by atoms with van der Waals surface area (Å²) in [5, 5.41) is 2.24. The summed E-state index contributed by atoms with van der Waals surface area (Å²) in [5.74, 6) is 0. The number of hydrogen-bond acceptors (Lipinski definition) is 3. The summed E-state index contributed by atoms with van der Waals surface area (Å²) < 4.78 is 6.09. The van der Waals surface area contributed by atoms with E-state index in [1.54, 1.807) is 6.20 Å². The first-order valence-corrected chi connectivity index (χ1v) is 13.7. The summed E-state index contributed by atoms with van der Waals surface area (Å²) in [6.45, 7) is 6.62. The van der Waals surface area contributed by atoms with Crippen LogP contribution in [0.25, 0.3) is 55.6 Å². The molecule has 0 saturated heterocycles. The summed E-state index contributed by atoms with van der Waals surface area (Å²) >= 11 is 0. The van der Waals surface area contributed by atoms with Crippen molar-refractivity contribution in [2.75, 3.05) is 0 Å². The molecule has 3 nitrogen and oxygen atoms in total. The summed E-state index contributed by atoms with van der Waals surface area (Å²) in [6, 6.07) is 45.3. The molecular weight excluding hydrogens is 693 g/mol. The molecule has 209 valence electrons. The average Bonchev–Trinajstić information content (AvgIpc) is 3.41. The van der Waals surface area contributed by atoms with Gasteiger partial charge < -0.3 is 14.4 Å². The molecule has 0 aliphatic heterocycles. The Morgan fingerprint density at radius 3 is 2.14 bits per heavy atom. The molecule has 0 bridgehead atoms. The fourth-order valence-electron chi connectivity index (χ4n) is 4.86. The van der Waals surface area contributed by atoms with E-state index in [0.29, 0.717) is 0 Å². The van der Waals surface area contributed by atoms with Crippen LogP contribution in [0.5, 0.6) is 0 Å². The molecule has 3 aromatic heterocycles. The van der Waals surface area contributed by atoms with E-state index in [0.717, 1.165) is 44.5 Å². The van der Waals surface area contributed by atoms with E-state index in [4.69, 9.17) is 4.42 Å². The van der Waals surface area contributed by atoms with E-state index >= 15 is 0 Å². The zero-order valence-electron chi connectivity index (χ0n) is 23.8. The molecule has 0 amide bonds. The van der Waals surface area contributed by atoms with Crippen molar-refractivity contribution in [1.82, 2.24) is 9.97 Å². The summed E-state index contributed by atoms with van der Waals surface area (Å²) in [4.78, 5) is 8.90. The first-order valence-electron chi connectivity index (χ1n) is 13.7. The van der Waals surface area contributed by atoms with Gasteiger partial charge in [-0.3, -0.25) is 0 Å². The van der Waals surface area contributed by atoms with Gasteiger partial charge >= 0.3 is 0 Å². The number of nitrogens with zero attached hydrogens (tertiary/aromatic N) is 2. The summed E-state index contributed by atoms with van der Waals surface area (Å²) in [7, 11) is 0. The minimum Gasteiger partial charge on any atom is -0.501 e. The zero-order chi connectivity index (χ0) is 28.2. The van der Waals surface area contributed by atoms with Crippen LogP contribution in [-0.4, -0.2) is 9.97 Å². The van der Waals surface area contributed by atoms with Crippen LogP contribution < -0.4 is 0 Å².